The van der Waals surface area contributed by atoms with Crippen LogP contribution in [0.15, 0.2) is 29.3 Å². The fraction of sp³-hybridized carbons (Fsp3) is 0.300. The fourth-order valence-corrected chi connectivity index (χ4v) is 1.14. The predicted octanol–water partition coefficient (Wildman–Crippen LogP) is 2.85. The molecule has 1 aromatic rings. The lowest BCUT2D eigenvalue weighted by Gasteiger charge is -1.98. The van der Waals surface area contributed by atoms with Gasteiger partial charge in [-0.1, -0.05) is 31.2 Å². The maximum absolute atomic E-state index is 4.50. The van der Waals surface area contributed by atoms with Crippen molar-refractivity contribution in [3.8, 4) is 0 Å². The summed E-state index contributed by atoms with van der Waals surface area (Å²) in [7, 11) is 0. The lowest BCUT2D eigenvalue weighted by Crippen LogP contribution is -1.84. The van der Waals surface area contributed by atoms with Gasteiger partial charge in [-0.15, -0.1) is 0 Å². The third kappa shape index (κ3) is 2.57. The Hall–Kier alpha value is -0.980. The van der Waals surface area contributed by atoms with Crippen molar-refractivity contribution >= 4 is 17.4 Å². The molecule has 0 fully saturated rings. The first-order valence-electron chi connectivity index (χ1n) is 3.98. The second kappa shape index (κ2) is 4.81. The van der Waals surface area contributed by atoms with E-state index in [-0.39, 0.29) is 0 Å². The fourth-order valence-electron chi connectivity index (χ4n) is 1.07. The van der Waals surface area contributed by atoms with Gasteiger partial charge >= 0.3 is 0 Å². The summed E-state index contributed by atoms with van der Waals surface area (Å²) < 4.78 is 0. The summed E-state index contributed by atoms with van der Waals surface area (Å²) in [5.41, 5.74) is 2.54. The Morgan fingerprint density at radius 3 is 2.83 bits per heavy atom. The highest BCUT2D eigenvalue weighted by Gasteiger charge is 1.91. The third-order valence-electron chi connectivity index (χ3n) is 1.73. The van der Waals surface area contributed by atoms with Crippen LogP contribution in [0.4, 0.5) is 0 Å². The van der Waals surface area contributed by atoms with E-state index in [0.29, 0.717) is 6.54 Å². The highest BCUT2D eigenvalue weighted by atomic mass is 32.1. The van der Waals surface area contributed by atoms with Crippen molar-refractivity contribution in [1.82, 2.24) is 0 Å². The van der Waals surface area contributed by atoms with Crippen molar-refractivity contribution < 1.29 is 0 Å². The minimum atomic E-state index is 0.650. The van der Waals surface area contributed by atoms with E-state index in [1.807, 2.05) is 6.07 Å². The van der Waals surface area contributed by atoms with Gasteiger partial charge in [0.1, 0.15) is 0 Å². The van der Waals surface area contributed by atoms with Gasteiger partial charge in [-0.25, -0.2) is 4.99 Å². The van der Waals surface area contributed by atoms with Crippen molar-refractivity contribution in [2.45, 2.75) is 19.9 Å². The van der Waals surface area contributed by atoms with Crippen LogP contribution in [0.1, 0.15) is 18.1 Å². The van der Waals surface area contributed by atoms with Crippen LogP contribution in [-0.2, 0) is 13.0 Å². The standard InChI is InChI=1S/C10H11NS/c1-2-9-4-3-5-10(6-9)7-11-8-12/h3-6H,2,7H2,1H3. The molecule has 0 saturated heterocycles. The average molecular weight is 177 g/mol. The second-order valence-corrected chi connectivity index (χ2v) is 2.76. The topological polar surface area (TPSA) is 12.4 Å². The number of thiocarbonyl (C=S) groups is 1. The number of isothiocyanates is 1. The summed E-state index contributed by atoms with van der Waals surface area (Å²) in [6.07, 6.45) is 1.06. The molecule has 0 unspecified atom stereocenters. The van der Waals surface area contributed by atoms with E-state index >= 15 is 0 Å². The van der Waals surface area contributed by atoms with Gasteiger partial charge in [0, 0.05) is 0 Å². The molecule has 0 aromatic heterocycles. The van der Waals surface area contributed by atoms with Crippen LogP contribution in [0.2, 0.25) is 0 Å². The molecule has 1 rings (SSSR count). The molecule has 0 aliphatic heterocycles. The Kier molecular flexibility index (Phi) is 3.65. The summed E-state index contributed by atoms with van der Waals surface area (Å²) in [5, 5.41) is 2.36. The van der Waals surface area contributed by atoms with Crippen molar-refractivity contribution in [3.63, 3.8) is 0 Å². The van der Waals surface area contributed by atoms with E-state index in [2.05, 4.69) is 47.5 Å². The van der Waals surface area contributed by atoms with Crippen LogP contribution in [0.5, 0.6) is 0 Å². The first kappa shape index (κ1) is 9.11. The third-order valence-corrected chi connectivity index (χ3v) is 1.85. The van der Waals surface area contributed by atoms with Crippen molar-refractivity contribution in [3.05, 3.63) is 35.4 Å². The molecule has 0 saturated carbocycles. The summed E-state index contributed by atoms with van der Waals surface area (Å²) in [6.45, 7) is 2.79. The molecule has 0 aliphatic rings. The molecule has 0 atom stereocenters. The zero-order valence-corrected chi connectivity index (χ0v) is 7.90. The smallest absolute Gasteiger partial charge is 0.0743 e. The van der Waals surface area contributed by atoms with Crippen molar-refractivity contribution in [2.24, 2.45) is 4.99 Å². The Morgan fingerprint density at radius 1 is 1.42 bits per heavy atom. The monoisotopic (exact) mass is 177 g/mol. The Balaban J connectivity index is 2.78. The molecule has 62 valence electrons. The zero-order valence-electron chi connectivity index (χ0n) is 7.08. The van der Waals surface area contributed by atoms with Crippen molar-refractivity contribution in [2.75, 3.05) is 0 Å². The molecule has 0 heterocycles. The van der Waals surface area contributed by atoms with Crippen LogP contribution in [0.3, 0.4) is 0 Å². The van der Waals surface area contributed by atoms with Gasteiger partial charge in [-0.05, 0) is 29.8 Å². The molecule has 1 aromatic carbocycles. The predicted molar refractivity (Wildman–Crippen MR) is 54.6 cm³/mol. The van der Waals surface area contributed by atoms with Gasteiger partial charge in [-0.2, -0.15) is 0 Å². The minimum Gasteiger partial charge on any atom is -0.228 e. The van der Waals surface area contributed by atoms with E-state index in [4.69, 9.17) is 0 Å². The number of nitrogens with zero attached hydrogens (tertiary/aromatic N) is 1. The van der Waals surface area contributed by atoms with Gasteiger partial charge in [0.15, 0.2) is 0 Å². The van der Waals surface area contributed by atoms with E-state index < -0.39 is 0 Å². The molecule has 2 heteroatoms. The molecule has 0 N–H and O–H groups in total. The van der Waals surface area contributed by atoms with E-state index in [9.17, 15) is 0 Å². The van der Waals surface area contributed by atoms with Crippen LogP contribution in [0, 0.1) is 0 Å². The molecule has 0 aliphatic carbocycles. The summed E-state index contributed by atoms with van der Waals surface area (Å²) in [5.74, 6) is 0. The quantitative estimate of drug-likeness (QED) is 0.511. The number of hydrogen-bond donors (Lipinski definition) is 0. The number of benzene rings is 1. The van der Waals surface area contributed by atoms with E-state index in [0.717, 1.165) is 6.42 Å². The zero-order chi connectivity index (χ0) is 8.81. The second-order valence-electron chi connectivity index (χ2n) is 2.58. The van der Waals surface area contributed by atoms with Gasteiger partial charge in [-0.3, -0.25) is 0 Å². The maximum Gasteiger partial charge on any atom is 0.0743 e. The number of aliphatic imine (C=N–C) groups is 1. The molecule has 0 spiro atoms. The highest BCUT2D eigenvalue weighted by molar-refractivity contribution is 7.78. The van der Waals surface area contributed by atoms with Crippen LogP contribution in [0.25, 0.3) is 0 Å². The maximum atomic E-state index is 4.50. The van der Waals surface area contributed by atoms with Gasteiger partial charge in [0.05, 0.1) is 11.7 Å². The van der Waals surface area contributed by atoms with Crippen molar-refractivity contribution in [1.29, 1.82) is 0 Å². The Bertz CT molecular complexity index is 300. The lowest BCUT2D eigenvalue weighted by molar-refractivity contribution is 1.05. The number of aryl methyl sites for hydroxylation is 1. The molecular formula is C10H11NS. The normalized spacial score (nSPS) is 9.08. The number of hydrogen-bond acceptors (Lipinski definition) is 2. The van der Waals surface area contributed by atoms with Gasteiger partial charge in [0.2, 0.25) is 0 Å². The first-order valence-corrected chi connectivity index (χ1v) is 4.39. The highest BCUT2D eigenvalue weighted by Crippen LogP contribution is 2.06. The SMILES string of the molecule is CCc1cccc(CN=C=S)c1. The van der Waals surface area contributed by atoms with Crippen LogP contribution in [-0.4, -0.2) is 5.16 Å². The minimum absolute atomic E-state index is 0.650. The summed E-state index contributed by atoms with van der Waals surface area (Å²) in [6, 6.07) is 8.36. The average Bonchev–Trinajstić information content (AvgIpc) is 2.15. The molecule has 1 nitrogen and oxygen atoms in total. The lowest BCUT2D eigenvalue weighted by atomic mass is 10.1. The Morgan fingerprint density at radius 2 is 2.17 bits per heavy atom. The van der Waals surface area contributed by atoms with E-state index in [1.165, 1.54) is 11.1 Å². The Labute approximate surface area is 78.1 Å². The first-order chi connectivity index (χ1) is 5.86. The molecule has 0 radical (unpaired) electrons. The summed E-state index contributed by atoms with van der Waals surface area (Å²) in [4.78, 5) is 3.88. The number of rotatable bonds is 3. The summed E-state index contributed by atoms with van der Waals surface area (Å²) >= 11 is 4.50. The molecule has 0 bridgehead atoms. The van der Waals surface area contributed by atoms with Gasteiger partial charge < -0.3 is 0 Å². The van der Waals surface area contributed by atoms with E-state index in [1.54, 1.807) is 0 Å². The molecular weight excluding hydrogens is 166 g/mol. The van der Waals surface area contributed by atoms with Crippen LogP contribution < -0.4 is 0 Å². The largest absolute Gasteiger partial charge is 0.228 e. The molecule has 12 heavy (non-hydrogen) atoms. The molecule has 0 amide bonds. The van der Waals surface area contributed by atoms with Gasteiger partial charge in [0.25, 0.3) is 0 Å². The van der Waals surface area contributed by atoms with Crippen LogP contribution >= 0.6 is 12.2 Å².